The van der Waals surface area contributed by atoms with Crippen molar-refractivity contribution in [2.24, 2.45) is 5.92 Å². The second kappa shape index (κ2) is 11.8. The first-order valence-electron chi connectivity index (χ1n) is 20.1. The highest BCUT2D eigenvalue weighted by Gasteiger charge is 2.52. The molecule has 0 fully saturated rings. The molecule has 6 aliphatic rings. The number of nitrogens with zero attached hydrogens (tertiary/aromatic N) is 2. The van der Waals surface area contributed by atoms with Crippen LogP contribution < -0.4 is 9.64 Å². The molecule has 55 heavy (non-hydrogen) atoms. The third-order valence-electron chi connectivity index (χ3n) is 13.3. The first kappa shape index (κ1) is 32.6. The Morgan fingerprint density at radius 3 is 2.35 bits per heavy atom. The van der Waals surface area contributed by atoms with E-state index in [9.17, 15) is 0 Å². The van der Waals surface area contributed by atoms with E-state index in [1.165, 1.54) is 78.2 Å². The largest absolute Gasteiger partial charge is 0.483 e. The second-order valence-corrected chi connectivity index (χ2v) is 16.9. The van der Waals surface area contributed by atoms with E-state index in [4.69, 9.17) is 4.74 Å². The summed E-state index contributed by atoms with van der Waals surface area (Å²) in [5.41, 5.74) is 16.5. The molecular weight excluding hydrogens is 669 g/mol. The fourth-order valence-corrected chi connectivity index (χ4v) is 10.7. The SMILES string of the molecule is CC1C=C2C(=CC1N(C1=CC3(C)c4ccccc4OC3c3c1c1ccccc1n3C1=CC3=CCCC=C3C=CC1)c1ccccc1)C(C)(C)c1ccccc12. The minimum Gasteiger partial charge on any atom is -0.483 e. The maximum absolute atomic E-state index is 7.18. The van der Waals surface area contributed by atoms with Gasteiger partial charge in [-0.05, 0) is 95.5 Å². The predicted molar refractivity (Wildman–Crippen MR) is 228 cm³/mol. The highest BCUT2D eigenvalue weighted by Crippen LogP contribution is 2.60. The van der Waals surface area contributed by atoms with Crippen LogP contribution in [0.25, 0.3) is 27.9 Å². The van der Waals surface area contributed by atoms with E-state index in [0.717, 1.165) is 25.0 Å². The van der Waals surface area contributed by atoms with Gasteiger partial charge in [0.05, 0.1) is 22.7 Å². The Hall–Kier alpha value is -5.80. The summed E-state index contributed by atoms with van der Waals surface area (Å²) in [6.07, 6.45) is 22.5. The van der Waals surface area contributed by atoms with Gasteiger partial charge < -0.3 is 14.2 Å². The van der Waals surface area contributed by atoms with Gasteiger partial charge in [0, 0.05) is 45.4 Å². The van der Waals surface area contributed by atoms with Gasteiger partial charge in [0.15, 0.2) is 6.10 Å². The average Bonchev–Trinajstić information content (AvgIpc) is 3.70. The zero-order valence-corrected chi connectivity index (χ0v) is 32.1. The Bertz CT molecular complexity index is 2670. The standard InChI is InChI=1S/C52H46N2O/c1-33-29-40-38-23-10-12-25-41(38)51(2,3)43(40)31-45(33)53(36-20-6-5-7-21-36)46-32-52(4)42-26-13-15-28-47(42)55-50(52)49-48(46)39-24-11-14-27-44(39)54(49)37-22-16-19-34-17-8-9-18-35(34)30-37/h5-7,10-21,23-33,45,50H,8-9,22H2,1-4H3. The number of allylic oxidation sites excluding steroid dienone is 10. The van der Waals surface area contributed by atoms with Crippen LogP contribution in [0.4, 0.5) is 5.69 Å². The van der Waals surface area contributed by atoms with Crippen molar-refractivity contribution < 1.29 is 4.74 Å². The molecule has 4 unspecified atom stereocenters. The smallest absolute Gasteiger partial charge is 0.153 e. The molecule has 270 valence electrons. The zero-order valence-electron chi connectivity index (χ0n) is 32.1. The van der Waals surface area contributed by atoms with Gasteiger partial charge in [-0.1, -0.05) is 136 Å². The number of ether oxygens (including phenoxy) is 1. The van der Waals surface area contributed by atoms with Crippen molar-refractivity contribution in [2.45, 2.75) is 69.9 Å². The molecule has 5 aromatic rings. The number of hydrogen-bond acceptors (Lipinski definition) is 2. The van der Waals surface area contributed by atoms with Crippen LogP contribution in [0.5, 0.6) is 5.75 Å². The van der Waals surface area contributed by atoms with E-state index in [1.807, 2.05) is 0 Å². The Morgan fingerprint density at radius 1 is 0.764 bits per heavy atom. The molecule has 0 radical (unpaired) electrons. The zero-order chi connectivity index (χ0) is 37.1. The van der Waals surface area contributed by atoms with E-state index in [0.29, 0.717) is 0 Å². The quantitative estimate of drug-likeness (QED) is 0.184. The first-order valence-corrected chi connectivity index (χ1v) is 20.1. The summed E-state index contributed by atoms with van der Waals surface area (Å²) in [7, 11) is 0. The van der Waals surface area contributed by atoms with Gasteiger partial charge in [-0.15, -0.1) is 0 Å². The first-order chi connectivity index (χ1) is 26.8. The van der Waals surface area contributed by atoms with Crippen LogP contribution in [0.2, 0.25) is 0 Å². The molecule has 11 rings (SSSR count). The molecule has 3 nitrogen and oxygen atoms in total. The summed E-state index contributed by atoms with van der Waals surface area (Å²) in [5.74, 6) is 1.22. The topological polar surface area (TPSA) is 17.4 Å². The van der Waals surface area contributed by atoms with E-state index >= 15 is 0 Å². The monoisotopic (exact) mass is 714 g/mol. The summed E-state index contributed by atoms with van der Waals surface area (Å²) < 4.78 is 9.76. The van der Waals surface area contributed by atoms with E-state index < -0.39 is 5.41 Å². The summed E-state index contributed by atoms with van der Waals surface area (Å²) in [6.45, 7) is 9.62. The van der Waals surface area contributed by atoms with Gasteiger partial charge in [0.1, 0.15) is 5.75 Å². The Balaban J connectivity index is 1.20. The molecule has 3 heteroatoms. The number of benzene rings is 4. The van der Waals surface area contributed by atoms with Crippen LogP contribution >= 0.6 is 0 Å². The van der Waals surface area contributed by atoms with Crippen molar-refractivity contribution >= 4 is 33.6 Å². The van der Waals surface area contributed by atoms with Gasteiger partial charge in [-0.2, -0.15) is 0 Å². The molecule has 4 aromatic carbocycles. The van der Waals surface area contributed by atoms with E-state index in [1.54, 1.807) is 0 Å². The average molecular weight is 715 g/mol. The van der Waals surface area contributed by atoms with Crippen molar-refractivity contribution in [3.8, 4) is 5.75 Å². The van der Waals surface area contributed by atoms with Crippen molar-refractivity contribution in [1.29, 1.82) is 0 Å². The molecule has 1 aliphatic heterocycles. The van der Waals surface area contributed by atoms with Gasteiger partial charge >= 0.3 is 0 Å². The normalized spacial score (nSPS) is 25.3. The fourth-order valence-electron chi connectivity index (χ4n) is 10.7. The van der Waals surface area contributed by atoms with Crippen LogP contribution in [0.3, 0.4) is 0 Å². The number of aromatic nitrogens is 1. The molecule has 2 heterocycles. The van der Waals surface area contributed by atoms with Gasteiger partial charge in [0.25, 0.3) is 0 Å². The molecule has 0 N–H and O–H groups in total. The number of fused-ring (bicyclic) bond motifs is 11. The lowest BCUT2D eigenvalue weighted by atomic mass is 9.72. The minimum absolute atomic E-state index is 0.0776. The molecular formula is C52H46N2O. The third kappa shape index (κ3) is 4.62. The van der Waals surface area contributed by atoms with Crippen LogP contribution in [-0.2, 0) is 10.8 Å². The highest BCUT2D eigenvalue weighted by atomic mass is 16.5. The van der Waals surface area contributed by atoms with Gasteiger partial charge in [-0.25, -0.2) is 0 Å². The molecule has 0 saturated heterocycles. The molecule has 4 atom stereocenters. The predicted octanol–water partition coefficient (Wildman–Crippen LogP) is 12.7. The number of hydrogen-bond donors (Lipinski definition) is 0. The van der Waals surface area contributed by atoms with Crippen molar-refractivity contribution in [3.05, 3.63) is 196 Å². The second-order valence-electron chi connectivity index (χ2n) is 16.9. The molecule has 0 bridgehead atoms. The maximum atomic E-state index is 7.18. The lowest BCUT2D eigenvalue weighted by Gasteiger charge is -2.44. The number of rotatable bonds is 4. The molecule has 1 aromatic heterocycles. The maximum Gasteiger partial charge on any atom is 0.153 e. The molecule has 0 spiro atoms. The third-order valence-corrected chi connectivity index (χ3v) is 13.3. The Morgan fingerprint density at radius 2 is 1.49 bits per heavy atom. The Labute approximate surface area is 324 Å². The van der Waals surface area contributed by atoms with Crippen molar-refractivity contribution in [2.75, 3.05) is 4.90 Å². The van der Waals surface area contributed by atoms with Crippen LogP contribution in [0, 0.1) is 5.92 Å². The molecule has 5 aliphatic carbocycles. The summed E-state index contributed by atoms with van der Waals surface area (Å²) >= 11 is 0. The molecule has 0 amide bonds. The van der Waals surface area contributed by atoms with Crippen LogP contribution in [0.1, 0.15) is 81.0 Å². The number of anilines is 1. The van der Waals surface area contributed by atoms with E-state index in [-0.39, 0.29) is 23.5 Å². The summed E-state index contributed by atoms with van der Waals surface area (Å²) in [6, 6.07) is 38.0. The van der Waals surface area contributed by atoms with Gasteiger partial charge in [0.2, 0.25) is 0 Å². The van der Waals surface area contributed by atoms with Gasteiger partial charge in [-0.3, -0.25) is 0 Å². The molecule has 0 saturated carbocycles. The van der Waals surface area contributed by atoms with Crippen LogP contribution in [-0.4, -0.2) is 10.6 Å². The minimum atomic E-state index is -0.413. The lowest BCUT2D eigenvalue weighted by molar-refractivity contribution is 0.175. The fraction of sp³-hybridized carbons (Fsp3) is 0.231. The van der Waals surface area contributed by atoms with E-state index in [2.05, 4.69) is 189 Å². The summed E-state index contributed by atoms with van der Waals surface area (Å²) in [5, 5.41) is 1.26. The Kier molecular flexibility index (Phi) is 7.03. The highest BCUT2D eigenvalue weighted by molar-refractivity contribution is 6.02. The lowest BCUT2D eigenvalue weighted by Crippen LogP contribution is -2.42. The van der Waals surface area contributed by atoms with Crippen molar-refractivity contribution in [3.63, 3.8) is 0 Å². The summed E-state index contributed by atoms with van der Waals surface area (Å²) in [4.78, 5) is 2.67. The number of para-hydroxylation sites is 3. The van der Waals surface area contributed by atoms with Crippen LogP contribution in [0.15, 0.2) is 168 Å². The van der Waals surface area contributed by atoms with Crippen molar-refractivity contribution in [1.82, 2.24) is 4.57 Å².